The lowest BCUT2D eigenvalue weighted by Crippen LogP contribution is -2.50. The maximum atomic E-state index is 12.5. The number of carbonyl (C=O) groups is 1. The van der Waals surface area contributed by atoms with E-state index in [-0.39, 0.29) is 5.56 Å². The number of halogens is 2. The number of amides is 1. The topological polar surface area (TPSA) is 55.1 Å². The van der Waals surface area contributed by atoms with E-state index in [2.05, 4.69) is 5.32 Å². The SMILES string of the molecule is CC(C)(NCc1cccc(C(F)F)c1)C(N)=O. The van der Waals surface area contributed by atoms with Crippen molar-refractivity contribution in [3.63, 3.8) is 0 Å². The molecule has 0 aliphatic carbocycles. The van der Waals surface area contributed by atoms with Gasteiger partial charge in [0.2, 0.25) is 5.91 Å². The van der Waals surface area contributed by atoms with Gasteiger partial charge in [-0.2, -0.15) is 0 Å². The van der Waals surface area contributed by atoms with Crippen LogP contribution in [-0.4, -0.2) is 11.4 Å². The van der Waals surface area contributed by atoms with Crippen LogP contribution in [0.2, 0.25) is 0 Å². The zero-order chi connectivity index (χ0) is 13.1. The smallest absolute Gasteiger partial charge is 0.263 e. The van der Waals surface area contributed by atoms with Crippen molar-refractivity contribution in [2.24, 2.45) is 5.73 Å². The highest BCUT2D eigenvalue weighted by Crippen LogP contribution is 2.19. The molecule has 0 aliphatic rings. The van der Waals surface area contributed by atoms with E-state index in [1.807, 2.05) is 0 Å². The number of rotatable bonds is 5. The fraction of sp³-hybridized carbons (Fsp3) is 0.417. The van der Waals surface area contributed by atoms with E-state index < -0.39 is 17.9 Å². The summed E-state index contributed by atoms with van der Waals surface area (Å²) >= 11 is 0. The summed E-state index contributed by atoms with van der Waals surface area (Å²) in [6, 6.07) is 6.06. The quantitative estimate of drug-likeness (QED) is 0.829. The predicted octanol–water partition coefficient (Wildman–Crippen LogP) is 1.98. The minimum atomic E-state index is -2.49. The van der Waals surface area contributed by atoms with Gasteiger partial charge in [0, 0.05) is 12.1 Å². The van der Waals surface area contributed by atoms with E-state index in [0.717, 1.165) is 0 Å². The molecule has 3 nitrogen and oxygen atoms in total. The maximum absolute atomic E-state index is 12.5. The third kappa shape index (κ3) is 3.78. The van der Waals surface area contributed by atoms with Crippen molar-refractivity contribution in [2.45, 2.75) is 32.4 Å². The molecule has 1 aromatic rings. The summed E-state index contributed by atoms with van der Waals surface area (Å²) in [5, 5.41) is 2.92. The molecule has 3 N–H and O–H groups in total. The first-order valence-electron chi connectivity index (χ1n) is 5.25. The third-order valence-corrected chi connectivity index (χ3v) is 2.55. The first kappa shape index (κ1) is 13.6. The van der Waals surface area contributed by atoms with E-state index in [1.165, 1.54) is 12.1 Å². The molecule has 0 aliphatic heterocycles. The Morgan fingerprint density at radius 1 is 1.47 bits per heavy atom. The molecule has 0 aromatic heterocycles. The summed E-state index contributed by atoms with van der Waals surface area (Å²) in [5.41, 5.74) is 5.00. The Kier molecular flexibility index (Phi) is 4.17. The van der Waals surface area contributed by atoms with E-state index in [9.17, 15) is 13.6 Å². The Balaban J connectivity index is 2.70. The highest BCUT2D eigenvalue weighted by Gasteiger charge is 2.23. The lowest BCUT2D eigenvalue weighted by Gasteiger charge is -2.22. The number of carbonyl (C=O) groups excluding carboxylic acids is 1. The number of hydrogen-bond donors (Lipinski definition) is 2. The van der Waals surface area contributed by atoms with Crippen LogP contribution in [0.15, 0.2) is 24.3 Å². The molecule has 1 rings (SSSR count). The van der Waals surface area contributed by atoms with E-state index in [1.54, 1.807) is 26.0 Å². The van der Waals surface area contributed by atoms with Crippen molar-refractivity contribution in [1.82, 2.24) is 5.32 Å². The van der Waals surface area contributed by atoms with E-state index >= 15 is 0 Å². The van der Waals surface area contributed by atoms with Crippen molar-refractivity contribution >= 4 is 5.91 Å². The second kappa shape index (κ2) is 5.23. The number of alkyl halides is 2. The molecule has 17 heavy (non-hydrogen) atoms. The van der Waals surface area contributed by atoms with Crippen LogP contribution < -0.4 is 11.1 Å². The number of nitrogens with one attached hydrogen (secondary N) is 1. The molecule has 0 spiro atoms. The van der Waals surface area contributed by atoms with Crippen LogP contribution >= 0.6 is 0 Å². The largest absolute Gasteiger partial charge is 0.368 e. The first-order chi connectivity index (χ1) is 7.83. The van der Waals surface area contributed by atoms with Gasteiger partial charge in [-0.1, -0.05) is 18.2 Å². The van der Waals surface area contributed by atoms with Crippen molar-refractivity contribution in [2.75, 3.05) is 0 Å². The van der Waals surface area contributed by atoms with Gasteiger partial charge in [-0.3, -0.25) is 10.1 Å². The minimum absolute atomic E-state index is 0.0267. The molecule has 0 bridgehead atoms. The average molecular weight is 242 g/mol. The van der Waals surface area contributed by atoms with Gasteiger partial charge in [0.25, 0.3) is 6.43 Å². The first-order valence-corrected chi connectivity index (χ1v) is 5.25. The Morgan fingerprint density at radius 3 is 2.65 bits per heavy atom. The molecule has 94 valence electrons. The molecule has 0 saturated heterocycles. The Bertz CT molecular complexity index is 405. The molecular weight excluding hydrogens is 226 g/mol. The van der Waals surface area contributed by atoms with Crippen LogP contribution in [0.3, 0.4) is 0 Å². The van der Waals surface area contributed by atoms with Crippen LogP contribution in [0.5, 0.6) is 0 Å². The van der Waals surface area contributed by atoms with Crippen LogP contribution in [0.1, 0.15) is 31.4 Å². The summed E-state index contributed by atoms with van der Waals surface area (Å²) in [4.78, 5) is 11.1. The highest BCUT2D eigenvalue weighted by molar-refractivity contribution is 5.83. The van der Waals surface area contributed by atoms with Gasteiger partial charge in [-0.05, 0) is 25.5 Å². The fourth-order valence-corrected chi connectivity index (χ4v) is 1.25. The Morgan fingerprint density at radius 2 is 2.12 bits per heavy atom. The number of benzene rings is 1. The van der Waals surface area contributed by atoms with Gasteiger partial charge in [0.1, 0.15) is 0 Å². The van der Waals surface area contributed by atoms with E-state index in [4.69, 9.17) is 5.73 Å². The zero-order valence-corrected chi connectivity index (χ0v) is 9.84. The van der Waals surface area contributed by atoms with Crippen molar-refractivity contribution in [3.8, 4) is 0 Å². The molecule has 0 fully saturated rings. The summed E-state index contributed by atoms with van der Waals surface area (Å²) in [5.74, 6) is -0.484. The van der Waals surface area contributed by atoms with Crippen molar-refractivity contribution in [3.05, 3.63) is 35.4 Å². The molecule has 0 radical (unpaired) electrons. The lowest BCUT2D eigenvalue weighted by atomic mass is 10.0. The van der Waals surface area contributed by atoms with Crippen LogP contribution in [-0.2, 0) is 11.3 Å². The van der Waals surface area contributed by atoms with Crippen LogP contribution in [0, 0.1) is 0 Å². The predicted molar refractivity (Wildman–Crippen MR) is 61.5 cm³/mol. The zero-order valence-electron chi connectivity index (χ0n) is 9.84. The number of primary amides is 1. The Hall–Kier alpha value is -1.49. The second-order valence-corrected chi connectivity index (χ2v) is 4.39. The number of nitrogens with two attached hydrogens (primary N) is 1. The molecule has 0 atom stereocenters. The van der Waals surface area contributed by atoms with Gasteiger partial charge in [0.15, 0.2) is 0 Å². The second-order valence-electron chi connectivity index (χ2n) is 4.39. The molecule has 5 heteroatoms. The standard InChI is InChI=1S/C12H16F2N2O/c1-12(2,11(15)17)16-7-8-4-3-5-9(6-8)10(13)14/h3-6,10,16H,7H2,1-2H3,(H2,15,17). The van der Waals surface area contributed by atoms with Crippen molar-refractivity contribution < 1.29 is 13.6 Å². The maximum Gasteiger partial charge on any atom is 0.263 e. The molecule has 0 unspecified atom stereocenters. The molecular formula is C12H16F2N2O. The number of hydrogen-bond acceptors (Lipinski definition) is 2. The monoisotopic (exact) mass is 242 g/mol. The van der Waals surface area contributed by atoms with Crippen LogP contribution in [0.25, 0.3) is 0 Å². The van der Waals surface area contributed by atoms with Crippen LogP contribution in [0.4, 0.5) is 8.78 Å². The molecule has 0 heterocycles. The highest BCUT2D eigenvalue weighted by atomic mass is 19.3. The fourth-order valence-electron chi connectivity index (χ4n) is 1.25. The summed E-state index contributed by atoms with van der Waals surface area (Å²) in [6.07, 6.45) is -2.49. The summed E-state index contributed by atoms with van der Waals surface area (Å²) < 4.78 is 24.9. The van der Waals surface area contributed by atoms with Gasteiger partial charge in [-0.15, -0.1) is 0 Å². The average Bonchev–Trinajstić information content (AvgIpc) is 2.26. The molecule has 1 aromatic carbocycles. The Labute approximate surface area is 99.0 Å². The summed E-state index contributed by atoms with van der Waals surface area (Å²) in [7, 11) is 0. The molecule has 0 saturated carbocycles. The third-order valence-electron chi connectivity index (χ3n) is 2.55. The summed E-state index contributed by atoms with van der Waals surface area (Å²) in [6.45, 7) is 3.61. The molecule has 1 amide bonds. The minimum Gasteiger partial charge on any atom is -0.368 e. The van der Waals surface area contributed by atoms with Gasteiger partial charge in [0.05, 0.1) is 5.54 Å². The van der Waals surface area contributed by atoms with Gasteiger partial charge >= 0.3 is 0 Å². The van der Waals surface area contributed by atoms with Gasteiger partial charge < -0.3 is 5.73 Å². The van der Waals surface area contributed by atoms with Gasteiger partial charge in [-0.25, -0.2) is 8.78 Å². The van der Waals surface area contributed by atoms with Crippen molar-refractivity contribution in [1.29, 1.82) is 0 Å². The lowest BCUT2D eigenvalue weighted by molar-refractivity contribution is -0.123. The normalized spacial score (nSPS) is 11.8. The van der Waals surface area contributed by atoms with E-state index in [0.29, 0.717) is 12.1 Å².